The topological polar surface area (TPSA) is 80.9 Å². The number of thioether (sulfide) groups is 4. The zero-order valence-electron chi connectivity index (χ0n) is 12.3. The standard InChI is InChI=1S/2C6H12O2S2/c2*1-5(7)3-10-6(2,8)4-9-5/h2*7-8H,3-4H2,1-2H3. The van der Waals surface area contributed by atoms with Crippen molar-refractivity contribution in [3.63, 3.8) is 0 Å². The summed E-state index contributed by atoms with van der Waals surface area (Å²) in [5, 5.41) is 37.8. The molecular weight excluding hydrogens is 336 g/mol. The molecule has 20 heavy (non-hydrogen) atoms. The van der Waals surface area contributed by atoms with Crippen molar-refractivity contribution in [3.05, 3.63) is 0 Å². The van der Waals surface area contributed by atoms with Gasteiger partial charge in [0.2, 0.25) is 0 Å². The molecule has 120 valence electrons. The first-order chi connectivity index (χ1) is 8.83. The van der Waals surface area contributed by atoms with Gasteiger partial charge in [-0.15, -0.1) is 47.0 Å². The maximum absolute atomic E-state index is 9.44. The predicted molar refractivity (Wildman–Crippen MR) is 92.3 cm³/mol. The molecule has 0 spiro atoms. The molecule has 4 atom stereocenters. The van der Waals surface area contributed by atoms with Crippen LogP contribution in [0.1, 0.15) is 27.7 Å². The smallest absolute Gasteiger partial charge is 0.116 e. The molecule has 0 radical (unpaired) electrons. The van der Waals surface area contributed by atoms with Crippen molar-refractivity contribution < 1.29 is 20.4 Å². The van der Waals surface area contributed by atoms with Crippen LogP contribution in [0, 0.1) is 0 Å². The average Bonchev–Trinajstić information content (AvgIpc) is 2.30. The molecule has 0 amide bonds. The molecule has 2 heterocycles. The lowest BCUT2D eigenvalue weighted by Crippen LogP contribution is -2.37. The quantitative estimate of drug-likeness (QED) is 0.520. The van der Waals surface area contributed by atoms with E-state index >= 15 is 0 Å². The van der Waals surface area contributed by atoms with Crippen molar-refractivity contribution in [3.8, 4) is 0 Å². The molecule has 0 saturated carbocycles. The van der Waals surface area contributed by atoms with E-state index in [9.17, 15) is 20.4 Å². The van der Waals surface area contributed by atoms with E-state index in [0.29, 0.717) is 23.0 Å². The lowest BCUT2D eigenvalue weighted by Gasteiger charge is -2.35. The van der Waals surface area contributed by atoms with Gasteiger partial charge in [-0.3, -0.25) is 0 Å². The van der Waals surface area contributed by atoms with Gasteiger partial charge in [0.05, 0.1) is 0 Å². The monoisotopic (exact) mass is 360 g/mol. The number of hydrogen-bond donors (Lipinski definition) is 4. The molecule has 4 unspecified atom stereocenters. The highest BCUT2D eigenvalue weighted by atomic mass is 32.2. The Morgan fingerprint density at radius 1 is 0.500 bits per heavy atom. The Morgan fingerprint density at radius 2 is 0.650 bits per heavy atom. The zero-order valence-corrected chi connectivity index (χ0v) is 15.5. The van der Waals surface area contributed by atoms with Crippen LogP contribution in [-0.4, -0.2) is 63.2 Å². The first-order valence-electron chi connectivity index (χ1n) is 6.28. The summed E-state index contributed by atoms with van der Waals surface area (Å²) >= 11 is 5.65. The van der Waals surface area contributed by atoms with Crippen LogP contribution in [0.2, 0.25) is 0 Å². The van der Waals surface area contributed by atoms with Crippen molar-refractivity contribution >= 4 is 47.0 Å². The van der Waals surface area contributed by atoms with Crippen LogP contribution in [0.3, 0.4) is 0 Å². The van der Waals surface area contributed by atoms with Gasteiger partial charge >= 0.3 is 0 Å². The van der Waals surface area contributed by atoms with Crippen LogP contribution in [0.25, 0.3) is 0 Å². The van der Waals surface area contributed by atoms with Gasteiger partial charge in [-0.05, 0) is 27.7 Å². The molecule has 0 aromatic carbocycles. The van der Waals surface area contributed by atoms with Crippen LogP contribution in [0.4, 0.5) is 0 Å². The summed E-state index contributed by atoms with van der Waals surface area (Å²) in [5.74, 6) is 2.41. The first kappa shape index (κ1) is 19.3. The highest BCUT2D eigenvalue weighted by Gasteiger charge is 2.36. The van der Waals surface area contributed by atoms with Gasteiger partial charge < -0.3 is 20.4 Å². The number of hydrogen-bond acceptors (Lipinski definition) is 8. The third-order valence-corrected chi connectivity index (χ3v) is 9.23. The van der Waals surface area contributed by atoms with E-state index in [0.717, 1.165) is 0 Å². The molecular formula is C12H24O4S4. The van der Waals surface area contributed by atoms with Crippen LogP contribution in [0.15, 0.2) is 0 Å². The van der Waals surface area contributed by atoms with Crippen molar-refractivity contribution in [1.82, 2.24) is 0 Å². The molecule has 2 aliphatic heterocycles. The summed E-state index contributed by atoms with van der Waals surface area (Å²) in [6.45, 7) is 7.11. The van der Waals surface area contributed by atoms with Gasteiger partial charge in [-0.2, -0.15) is 0 Å². The van der Waals surface area contributed by atoms with Crippen LogP contribution in [-0.2, 0) is 0 Å². The molecule has 2 fully saturated rings. The molecule has 2 saturated heterocycles. The van der Waals surface area contributed by atoms with Crippen molar-refractivity contribution in [2.45, 2.75) is 47.4 Å². The Labute approximate surface area is 137 Å². The second-order valence-corrected chi connectivity index (χ2v) is 11.7. The SMILES string of the molecule is CC1(O)CSC(C)(O)CS1.CC1(O)CSC(C)(O)CS1. The Hall–Kier alpha value is 1.24. The fourth-order valence-corrected chi connectivity index (χ4v) is 5.68. The van der Waals surface area contributed by atoms with E-state index in [1.165, 1.54) is 47.0 Å². The summed E-state index contributed by atoms with van der Waals surface area (Å²) in [6.07, 6.45) is 0. The van der Waals surface area contributed by atoms with Crippen molar-refractivity contribution in [1.29, 1.82) is 0 Å². The minimum Gasteiger partial charge on any atom is -0.379 e. The molecule has 4 N–H and O–H groups in total. The lowest BCUT2D eigenvalue weighted by molar-refractivity contribution is 0.155. The third kappa shape index (κ3) is 7.49. The van der Waals surface area contributed by atoms with E-state index in [1.54, 1.807) is 27.7 Å². The molecule has 0 bridgehead atoms. The van der Waals surface area contributed by atoms with E-state index < -0.39 is 19.7 Å². The zero-order chi connectivity index (χ0) is 15.7. The van der Waals surface area contributed by atoms with Crippen LogP contribution < -0.4 is 0 Å². The summed E-state index contributed by atoms with van der Waals surface area (Å²) in [7, 11) is 0. The normalized spacial score (nSPS) is 49.2. The van der Waals surface area contributed by atoms with Crippen LogP contribution in [0.5, 0.6) is 0 Å². The van der Waals surface area contributed by atoms with E-state index in [2.05, 4.69) is 0 Å². The fraction of sp³-hybridized carbons (Fsp3) is 1.00. The second-order valence-electron chi connectivity index (χ2n) is 5.85. The maximum atomic E-state index is 9.44. The van der Waals surface area contributed by atoms with E-state index in [1.807, 2.05) is 0 Å². The Bertz CT molecular complexity index is 243. The highest BCUT2D eigenvalue weighted by Crippen LogP contribution is 2.41. The molecule has 8 heteroatoms. The maximum Gasteiger partial charge on any atom is 0.116 e. The minimum absolute atomic E-state index is 0.602. The largest absolute Gasteiger partial charge is 0.379 e. The lowest BCUT2D eigenvalue weighted by atomic mass is 10.4. The van der Waals surface area contributed by atoms with Gasteiger partial charge in [0, 0.05) is 23.0 Å². The summed E-state index contributed by atoms with van der Waals surface area (Å²) < 4.78 is 0. The van der Waals surface area contributed by atoms with Gasteiger partial charge in [0.1, 0.15) is 19.7 Å². The second kappa shape index (κ2) is 6.78. The molecule has 2 rings (SSSR count). The predicted octanol–water partition coefficient (Wildman–Crippen LogP) is 1.77. The Morgan fingerprint density at radius 3 is 0.750 bits per heavy atom. The first-order valence-corrected chi connectivity index (χ1v) is 10.2. The molecule has 4 nitrogen and oxygen atoms in total. The van der Waals surface area contributed by atoms with Gasteiger partial charge in [-0.25, -0.2) is 0 Å². The van der Waals surface area contributed by atoms with Gasteiger partial charge in [0.25, 0.3) is 0 Å². The molecule has 2 aliphatic rings. The summed E-state index contributed by atoms with van der Waals surface area (Å²) in [4.78, 5) is -2.58. The molecule has 0 aliphatic carbocycles. The minimum atomic E-state index is -0.646. The van der Waals surface area contributed by atoms with E-state index in [-0.39, 0.29) is 0 Å². The van der Waals surface area contributed by atoms with E-state index in [4.69, 9.17) is 0 Å². The molecule has 0 aromatic heterocycles. The van der Waals surface area contributed by atoms with Crippen molar-refractivity contribution in [2.24, 2.45) is 0 Å². The van der Waals surface area contributed by atoms with Crippen LogP contribution >= 0.6 is 47.0 Å². The van der Waals surface area contributed by atoms with Crippen molar-refractivity contribution in [2.75, 3.05) is 23.0 Å². The Balaban J connectivity index is 0.000000200. The van der Waals surface area contributed by atoms with Gasteiger partial charge in [-0.1, -0.05) is 0 Å². The highest BCUT2D eigenvalue weighted by molar-refractivity contribution is 8.08. The third-order valence-electron chi connectivity index (χ3n) is 2.60. The average molecular weight is 361 g/mol. The summed E-state index contributed by atoms with van der Waals surface area (Å²) in [6, 6.07) is 0. The number of aliphatic hydroxyl groups is 4. The molecule has 0 aromatic rings. The summed E-state index contributed by atoms with van der Waals surface area (Å²) in [5.41, 5.74) is 0. The fourth-order valence-electron chi connectivity index (χ4n) is 1.32. The Kier molecular flexibility index (Phi) is 6.54. The van der Waals surface area contributed by atoms with Gasteiger partial charge in [0.15, 0.2) is 0 Å². The number of rotatable bonds is 0.